The number of aliphatic imine (C=N–C) groups is 1. The second-order valence-electron chi connectivity index (χ2n) is 4.76. The molecule has 0 aliphatic rings. The minimum absolute atomic E-state index is 0.499. The standard InChI is InChI=1S/C13H23N5/c1-10(2)9-15-13(17-14)16-11-7-5-6-8-12(11)18(3)4/h5-8,10H,9,14H2,1-4H3,(H2,15,16,17). The molecule has 0 aliphatic heterocycles. The summed E-state index contributed by atoms with van der Waals surface area (Å²) < 4.78 is 0. The summed E-state index contributed by atoms with van der Waals surface area (Å²) in [6.07, 6.45) is 0. The van der Waals surface area contributed by atoms with Gasteiger partial charge in [-0.25, -0.2) is 5.84 Å². The van der Waals surface area contributed by atoms with E-state index in [1.807, 2.05) is 43.3 Å². The number of guanidine groups is 1. The molecule has 18 heavy (non-hydrogen) atoms. The van der Waals surface area contributed by atoms with Crippen LogP contribution < -0.4 is 21.5 Å². The maximum Gasteiger partial charge on any atom is 0.210 e. The second-order valence-corrected chi connectivity index (χ2v) is 4.76. The summed E-state index contributed by atoms with van der Waals surface area (Å²) in [6, 6.07) is 8.02. The Hall–Kier alpha value is -1.75. The Bertz CT molecular complexity index is 398. The molecule has 5 heteroatoms. The normalized spacial score (nSPS) is 11.6. The van der Waals surface area contributed by atoms with Crippen LogP contribution >= 0.6 is 0 Å². The Morgan fingerprint density at radius 3 is 2.56 bits per heavy atom. The zero-order valence-electron chi connectivity index (χ0n) is 11.6. The van der Waals surface area contributed by atoms with Crippen LogP contribution in [0.25, 0.3) is 0 Å². The maximum atomic E-state index is 5.48. The highest BCUT2D eigenvalue weighted by Gasteiger charge is 2.05. The van der Waals surface area contributed by atoms with Crippen molar-refractivity contribution in [2.24, 2.45) is 16.8 Å². The van der Waals surface area contributed by atoms with E-state index in [1.165, 1.54) is 0 Å². The molecule has 0 radical (unpaired) electrons. The number of para-hydroxylation sites is 2. The van der Waals surface area contributed by atoms with E-state index < -0.39 is 0 Å². The highest BCUT2D eigenvalue weighted by Crippen LogP contribution is 2.23. The number of hydrogen-bond acceptors (Lipinski definition) is 3. The number of rotatable bonds is 4. The first-order valence-corrected chi connectivity index (χ1v) is 6.09. The van der Waals surface area contributed by atoms with Gasteiger partial charge < -0.3 is 10.2 Å². The van der Waals surface area contributed by atoms with Gasteiger partial charge in [0.25, 0.3) is 0 Å². The molecule has 0 unspecified atom stereocenters. The van der Waals surface area contributed by atoms with Crippen LogP contribution in [-0.4, -0.2) is 26.6 Å². The van der Waals surface area contributed by atoms with Gasteiger partial charge in [0.15, 0.2) is 0 Å². The van der Waals surface area contributed by atoms with E-state index in [-0.39, 0.29) is 0 Å². The fraction of sp³-hybridized carbons (Fsp3) is 0.462. The van der Waals surface area contributed by atoms with E-state index in [2.05, 4.69) is 29.6 Å². The van der Waals surface area contributed by atoms with Gasteiger partial charge in [-0.3, -0.25) is 10.4 Å². The van der Waals surface area contributed by atoms with Crippen LogP contribution in [-0.2, 0) is 0 Å². The molecule has 4 N–H and O–H groups in total. The fourth-order valence-electron chi connectivity index (χ4n) is 1.49. The van der Waals surface area contributed by atoms with Crippen molar-refractivity contribution in [3.8, 4) is 0 Å². The summed E-state index contributed by atoms with van der Waals surface area (Å²) in [5, 5.41) is 3.21. The topological polar surface area (TPSA) is 65.7 Å². The van der Waals surface area contributed by atoms with Crippen LogP contribution in [0.3, 0.4) is 0 Å². The molecule has 0 aliphatic carbocycles. The molecule has 100 valence electrons. The third kappa shape index (κ3) is 4.25. The molecular formula is C13H23N5. The average molecular weight is 249 g/mol. The van der Waals surface area contributed by atoms with Crippen molar-refractivity contribution in [2.45, 2.75) is 13.8 Å². The lowest BCUT2D eigenvalue weighted by Gasteiger charge is -2.19. The molecule has 0 spiro atoms. The van der Waals surface area contributed by atoms with E-state index >= 15 is 0 Å². The number of nitrogens with two attached hydrogens (primary N) is 1. The van der Waals surface area contributed by atoms with Crippen LogP contribution in [0.15, 0.2) is 29.3 Å². The zero-order valence-corrected chi connectivity index (χ0v) is 11.6. The lowest BCUT2D eigenvalue weighted by Crippen LogP contribution is -2.37. The first kappa shape index (κ1) is 14.3. The van der Waals surface area contributed by atoms with Gasteiger partial charge in [-0.15, -0.1) is 0 Å². The third-order valence-electron chi connectivity index (χ3n) is 2.39. The number of hydrazine groups is 1. The Labute approximate surface area is 109 Å². The van der Waals surface area contributed by atoms with Crippen molar-refractivity contribution in [3.63, 3.8) is 0 Å². The number of hydrogen-bond donors (Lipinski definition) is 3. The first-order chi connectivity index (χ1) is 8.54. The van der Waals surface area contributed by atoms with Crippen LogP contribution in [0.2, 0.25) is 0 Å². The van der Waals surface area contributed by atoms with Crippen LogP contribution in [0.5, 0.6) is 0 Å². The first-order valence-electron chi connectivity index (χ1n) is 6.09. The number of nitrogens with zero attached hydrogens (tertiary/aromatic N) is 2. The molecule has 5 nitrogen and oxygen atoms in total. The van der Waals surface area contributed by atoms with E-state index in [0.29, 0.717) is 11.9 Å². The minimum atomic E-state index is 0.499. The monoisotopic (exact) mass is 249 g/mol. The van der Waals surface area contributed by atoms with Gasteiger partial charge in [-0.1, -0.05) is 26.0 Å². The molecule has 1 aromatic carbocycles. The molecular weight excluding hydrogens is 226 g/mol. The zero-order chi connectivity index (χ0) is 13.5. The quantitative estimate of drug-likeness (QED) is 0.328. The predicted molar refractivity (Wildman–Crippen MR) is 78.9 cm³/mol. The summed E-state index contributed by atoms with van der Waals surface area (Å²) in [7, 11) is 4.00. The van der Waals surface area contributed by atoms with Gasteiger partial charge in [0.05, 0.1) is 11.4 Å². The summed E-state index contributed by atoms with van der Waals surface area (Å²) in [5.74, 6) is 6.56. The highest BCUT2D eigenvalue weighted by atomic mass is 15.3. The van der Waals surface area contributed by atoms with Crippen molar-refractivity contribution >= 4 is 17.3 Å². The number of nitrogens with one attached hydrogen (secondary N) is 2. The van der Waals surface area contributed by atoms with Crippen LogP contribution in [0, 0.1) is 5.92 Å². The number of anilines is 2. The second kappa shape index (κ2) is 6.86. The van der Waals surface area contributed by atoms with Crippen LogP contribution in [0.4, 0.5) is 11.4 Å². The smallest absolute Gasteiger partial charge is 0.210 e. The molecule has 0 fully saturated rings. The Morgan fingerprint density at radius 1 is 1.33 bits per heavy atom. The molecule has 0 saturated carbocycles. The number of benzene rings is 1. The highest BCUT2D eigenvalue weighted by molar-refractivity contribution is 5.96. The van der Waals surface area contributed by atoms with Crippen molar-refractivity contribution in [2.75, 3.05) is 30.9 Å². The summed E-state index contributed by atoms with van der Waals surface area (Å²) in [6.45, 7) is 4.97. The molecule has 0 bridgehead atoms. The van der Waals surface area contributed by atoms with Crippen LogP contribution in [0.1, 0.15) is 13.8 Å². The Kier molecular flexibility index (Phi) is 5.45. The third-order valence-corrected chi connectivity index (χ3v) is 2.39. The van der Waals surface area contributed by atoms with Crippen molar-refractivity contribution in [1.82, 2.24) is 5.43 Å². The average Bonchev–Trinajstić information content (AvgIpc) is 2.34. The van der Waals surface area contributed by atoms with Gasteiger partial charge in [0.2, 0.25) is 5.96 Å². The van der Waals surface area contributed by atoms with Crippen molar-refractivity contribution in [1.29, 1.82) is 0 Å². The van der Waals surface area contributed by atoms with Crippen molar-refractivity contribution in [3.05, 3.63) is 24.3 Å². The van der Waals surface area contributed by atoms with Gasteiger partial charge >= 0.3 is 0 Å². The molecule has 1 rings (SSSR count). The lowest BCUT2D eigenvalue weighted by atomic mass is 10.2. The minimum Gasteiger partial charge on any atom is -0.376 e. The predicted octanol–water partition coefficient (Wildman–Crippen LogP) is 1.64. The summed E-state index contributed by atoms with van der Waals surface area (Å²) in [4.78, 5) is 6.43. The molecule has 0 saturated heterocycles. The molecule has 0 aromatic heterocycles. The van der Waals surface area contributed by atoms with Gasteiger partial charge in [0, 0.05) is 20.6 Å². The maximum absolute atomic E-state index is 5.48. The van der Waals surface area contributed by atoms with Gasteiger partial charge in [0.1, 0.15) is 0 Å². The molecule has 0 atom stereocenters. The Morgan fingerprint density at radius 2 is 2.00 bits per heavy atom. The fourth-order valence-corrected chi connectivity index (χ4v) is 1.49. The summed E-state index contributed by atoms with van der Waals surface area (Å²) >= 11 is 0. The Balaban J connectivity index is 2.85. The van der Waals surface area contributed by atoms with E-state index in [9.17, 15) is 0 Å². The lowest BCUT2D eigenvalue weighted by molar-refractivity contribution is 0.663. The van der Waals surface area contributed by atoms with E-state index in [0.717, 1.165) is 17.9 Å². The van der Waals surface area contributed by atoms with Crippen molar-refractivity contribution < 1.29 is 0 Å². The largest absolute Gasteiger partial charge is 0.376 e. The molecule has 1 aromatic rings. The van der Waals surface area contributed by atoms with Gasteiger partial charge in [-0.05, 0) is 18.1 Å². The van der Waals surface area contributed by atoms with E-state index in [4.69, 9.17) is 5.84 Å². The summed E-state index contributed by atoms with van der Waals surface area (Å²) in [5.41, 5.74) is 4.66. The molecule has 0 heterocycles. The SMILES string of the molecule is CC(C)CN=C(NN)Nc1ccccc1N(C)C. The van der Waals surface area contributed by atoms with E-state index in [1.54, 1.807) is 0 Å². The molecule has 0 amide bonds. The van der Waals surface area contributed by atoms with Gasteiger partial charge in [-0.2, -0.15) is 0 Å².